The maximum atomic E-state index is 8.84. The van der Waals surface area contributed by atoms with Crippen LogP contribution in [0, 0.1) is 11.3 Å². The average Bonchev–Trinajstić information content (AvgIpc) is 2.31. The van der Waals surface area contributed by atoms with Crippen LogP contribution in [-0.2, 0) is 0 Å². The molecule has 0 saturated carbocycles. The van der Waals surface area contributed by atoms with Crippen molar-refractivity contribution in [2.75, 3.05) is 18.4 Å². The lowest BCUT2D eigenvalue weighted by Crippen LogP contribution is -2.38. The molecule has 1 aromatic heterocycles. The first kappa shape index (κ1) is 9.87. The first-order valence-electron chi connectivity index (χ1n) is 5.08. The Bertz CT molecular complexity index is 364. The van der Waals surface area contributed by atoms with E-state index in [4.69, 9.17) is 5.26 Å². The molecule has 1 unspecified atom stereocenters. The number of aromatic nitrogens is 2. The van der Waals surface area contributed by atoms with E-state index in [1.54, 1.807) is 6.20 Å². The summed E-state index contributed by atoms with van der Waals surface area (Å²) in [4.78, 5) is 8.08. The summed E-state index contributed by atoms with van der Waals surface area (Å²) >= 11 is 0. The fraction of sp³-hybridized carbons (Fsp3) is 0.500. The number of nitrogens with zero attached hydrogens (tertiary/aromatic N) is 3. The Kier molecular flexibility index (Phi) is 3.10. The Morgan fingerprint density at radius 1 is 1.47 bits per heavy atom. The summed E-state index contributed by atoms with van der Waals surface area (Å²) in [5, 5.41) is 15.4. The molecule has 0 amide bonds. The number of rotatable bonds is 2. The highest BCUT2D eigenvalue weighted by molar-refractivity contribution is 5.47. The Morgan fingerprint density at radius 2 is 2.33 bits per heavy atom. The molecule has 2 rings (SSSR count). The van der Waals surface area contributed by atoms with Gasteiger partial charge in [0.05, 0.1) is 0 Å². The van der Waals surface area contributed by atoms with Gasteiger partial charge < -0.3 is 10.6 Å². The smallest absolute Gasteiger partial charge is 0.182 e. The zero-order valence-electron chi connectivity index (χ0n) is 8.40. The number of piperidine rings is 1. The summed E-state index contributed by atoms with van der Waals surface area (Å²) in [6.07, 6.45) is 5.39. The van der Waals surface area contributed by atoms with Crippen molar-refractivity contribution in [2.45, 2.75) is 18.9 Å². The maximum absolute atomic E-state index is 8.84. The van der Waals surface area contributed by atoms with Crippen molar-refractivity contribution in [3.8, 4) is 6.07 Å². The van der Waals surface area contributed by atoms with Gasteiger partial charge in [-0.2, -0.15) is 5.26 Å². The van der Waals surface area contributed by atoms with Gasteiger partial charge in [0.15, 0.2) is 11.5 Å². The number of nitrogens with one attached hydrogen (secondary N) is 2. The van der Waals surface area contributed by atoms with Crippen LogP contribution in [0.5, 0.6) is 0 Å². The van der Waals surface area contributed by atoms with Crippen LogP contribution in [-0.4, -0.2) is 29.1 Å². The highest BCUT2D eigenvalue weighted by atomic mass is 15.1. The van der Waals surface area contributed by atoms with E-state index >= 15 is 0 Å². The van der Waals surface area contributed by atoms with Gasteiger partial charge in [-0.15, -0.1) is 0 Å². The second kappa shape index (κ2) is 4.71. The summed E-state index contributed by atoms with van der Waals surface area (Å²) < 4.78 is 0. The quantitative estimate of drug-likeness (QED) is 0.732. The molecule has 0 bridgehead atoms. The lowest BCUT2D eigenvalue weighted by atomic mass is 10.1. The van der Waals surface area contributed by atoms with Gasteiger partial charge in [0.1, 0.15) is 6.07 Å². The molecule has 5 heteroatoms. The maximum Gasteiger partial charge on any atom is 0.182 e. The number of anilines is 1. The monoisotopic (exact) mass is 203 g/mol. The molecule has 1 aromatic rings. The second-order valence-corrected chi connectivity index (χ2v) is 3.55. The van der Waals surface area contributed by atoms with Crippen LogP contribution in [0.25, 0.3) is 0 Å². The van der Waals surface area contributed by atoms with Crippen LogP contribution >= 0.6 is 0 Å². The SMILES string of the molecule is N#Cc1nccnc1NC1CCCNC1. The average molecular weight is 203 g/mol. The molecule has 2 heterocycles. The van der Waals surface area contributed by atoms with Crippen molar-refractivity contribution < 1.29 is 0 Å². The van der Waals surface area contributed by atoms with E-state index in [9.17, 15) is 0 Å². The molecule has 78 valence electrons. The molecule has 0 radical (unpaired) electrons. The molecular weight excluding hydrogens is 190 g/mol. The van der Waals surface area contributed by atoms with Crippen LogP contribution in [0.2, 0.25) is 0 Å². The minimum atomic E-state index is 0.350. The normalized spacial score (nSPS) is 20.6. The van der Waals surface area contributed by atoms with Crippen molar-refractivity contribution in [3.63, 3.8) is 0 Å². The summed E-state index contributed by atoms with van der Waals surface area (Å²) in [6, 6.07) is 2.38. The summed E-state index contributed by atoms with van der Waals surface area (Å²) in [6.45, 7) is 1.99. The summed E-state index contributed by atoms with van der Waals surface area (Å²) in [7, 11) is 0. The van der Waals surface area contributed by atoms with Crippen molar-refractivity contribution >= 4 is 5.82 Å². The van der Waals surface area contributed by atoms with E-state index in [0.717, 1.165) is 25.9 Å². The molecule has 5 nitrogen and oxygen atoms in total. The van der Waals surface area contributed by atoms with Crippen molar-refractivity contribution in [1.82, 2.24) is 15.3 Å². The van der Waals surface area contributed by atoms with Gasteiger partial charge in [0, 0.05) is 25.0 Å². The van der Waals surface area contributed by atoms with Crippen molar-refractivity contribution in [1.29, 1.82) is 5.26 Å². The fourth-order valence-corrected chi connectivity index (χ4v) is 1.69. The van der Waals surface area contributed by atoms with E-state index < -0.39 is 0 Å². The zero-order chi connectivity index (χ0) is 10.5. The first-order valence-corrected chi connectivity index (χ1v) is 5.08. The lowest BCUT2D eigenvalue weighted by molar-refractivity contribution is 0.479. The summed E-state index contributed by atoms with van der Waals surface area (Å²) in [5.41, 5.74) is 0.364. The van der Waals surface area contributed by atoms with Gasteiger partial charge in [0.2, 0.25) is 0 Å². The number of hydrogen-bond acceptors (Lipinski definition) is 5. The third kappa shape index (κ3) is 2.42. The molecule has 0 spiro atoms. The van der Waals surface area contributed by atoms with Crippen LogP contribution in [0.15, 0.2) is 12.4 Å². The third-order valence-electron chi connectivity index (χ3n) is 2.44. The minimum absolute atomic E-state index is 0.350. The Labute approximate surface area is 88.5 Å². The van der Waals surface area contributed by atoms with Crippen LogP contribution in [0.4, 0.5) is 5.82 Å². The number of hydrogen-bond donors (Lipinski definition) is 2. The van der Waals surface area contributed by atoms with E-state index in [1.165, 1.54) is 6.20 Å². The van der Waals surface area contributed by atoms with E-state index in [2.05, 4.69) is 20.6 Å². The highest BCUT2D eigenvalue weighted by Gasteiger charge is 2.14. The summed E-state index contributed by atoms with van der Waals surface area (Å²) in [5.74, 6) is 0.591. The largest absolute Gasteiger partial charge is 0.364 e. The van der Waals surface area contributed by atoms with Crippen LogP contribution in [0.1, 0.15) is 18.5 Å². The van der Waals surface area contributed by atoms with Crippen molar-refractivity contribution in [3.05, 3.63) is 18.1 Å². The molecule has 2 N–H and O–H groups in total. The molecule has 1 saturated heterocycles. The zero-order valence-corrected chi connectivity index (χ0v) is 8.40. The molecule has 1 fully saturated rings. The fourth-order valence-electron chi connectivity index (χ4n) is 1.69. The van der Waals surface area contributed by atoms with Gasteiger partial charge in [-0.25, -0.2) is 9.97 Å². The molecule has 0 aliphatic carbocycles. The van der Waals surface area contributed by atoms with E-state index in [0.29, 0.717) is 17.6 Å². The van der Waals surface area contributed by atoms with Crippen LogP contribution in [0.3, 0.4) is 0 Å². The predicted molar refractivity (Wildman–Crippen MR) is 56.3 cm³/mol. The van der Waals surface area contributed by atoms with Crippen molar-refractivity contribution in [2.24, 2.45) is 0 Å². The molecule has 1 atom stereocenters. The molecular formula is C10H13N5. The third-order valence-corrected chi connectivity index (χ3v) is 2.44. The first-order chi connectivity index (χ1) is 7.40. The number of nitriles is 1. The van der Waals surface area contributed by atoms with Gasteiger partial charge in [-0.3, -0.25) is 0 Å². The Morgan fingerprint density at radius 3 is 3.07 bits per heavy atom. The van der Waals surface area contributed by atoms with Crippen LogP contribution < -0.4 is 10.6 Å². The molecule has 1 aliphatic heterocycles. The van der Waals surface area contributed by atoms with Gasteiger partial charge in [-0.05, 0) is 19.4 Å². The topological polar surface area (TPSA) is 73.6 Å². The van der Waals surface area contributed by atoms with Gasteiger partial charge in [-0.1, -0.05) is 0 Å². The van der Waals surface area contributed by atoms with Gasteiger partial charge in [0.25, 0.3) is 0 Å². The minimum Gasteiger partial charge on any atom is -0.364 e. The standard InChI is InChI=1S/C10H13N5/c11-6-9-10(14-5-4-13-9)15-8-2-1-3-12-7-8/h4-5,8,12H,1-3,7H2,(H,14,15). The second-order valence-electron chi connectivity index (χ2n) is 3.55. The molecule has 15 heavy (non-hydrogen) atoms. The molecule has 1 aliphatic rings. The lowest BCUT2D eigenvalue weighted by Gasteiger charge is -2.24. The highest BCUT2D eigenvalue weighted by Crippen LogP contribution is 2.12. The molecule has 0 aromatic carbocycles. The Hall–Kier alpha value is -1.67. The van der Waals surface area contributed by atoms with Gasteiger partial charge >= 0.3 is 0 Å². The predicted octanol–water partition coefficient (Wildman–Crippen LogP) is 0.512. The van der Waals surface area contributed by atoms with E-state index in [1.807, 2.05) is 6.07 Å². The Balaban J connectivity index is 2.06. The van der Waals surface area contributed by atoms with E-state index in [-0.39, 0.29) is 0 Å².